The first-order chi connectivity index (χ1) is 7.49. The van der Waals surface area contributed by atoms with Crippen LogP contribution in [0.1, 0.15) is 36.8 Å². The molecule has 0 saturated carbocycles. The van der Waals surface area contributed by atoms with Crippen molar-refractivity contribution in [1.82, 2.24) is 9.97 Å². The van der Waals surface area contributed by atoms with Gasteiger partial charge in [0.15, 0.2) is 0 Å². The summed E-state index contributed by atoms with van der Waals surface area (Å²) in [6, 6.07) is 4.22. The molecule has 2 aromatic rings. The summed E-state index contributed by atoms with van der Waals surface area (Å²) in [6.45, 7) is 8.42. The van der Waals surface area contributed by atoms with E-state index in [1.165, 1.54) is 11.1 Å². The Morgan fingerprint density at radius 1 is 1.19 bits per heavy atom. The Hall–Kier alpha value is -1.35. The van der Waals surface area contributed by atoms with Crippen molar-refractivity contribution in [2.75, 3.05) is 0 Å². The Balaban J connectivity index is 2.52. The molecule has 2 rings (SSSR count). The van der Waals surface area contributed by atoms with Gasteiger partial charge in [0, 0.05) is 0 Å². The van der Waals surface area contributed by atoms with Crippen LogP contribution in [0.2, 0.25) is 0 Å². The molecule has 0 aliphatic heterocycles. The van der Waals surface area contributed by atoms with Gasteiger partial charge in [0.25, 0.3) is 0 Å². The van der Waals surface area contributed by atoms with Crippen molar-refractivity contribution >= 4 is 11.0 Å². The van der Waals surface area contributed by atoms with E-state index in [2.05, 4.69) is 49.8 Å². The Morgan fingerprint density at radius 3 is 2.44 bits per heavy atom. The number of nitrogens with zero attached hydrogens (tertiary/aromatic N) is 1. The maximum Gasteiger partial charge on any atom is 0.124 e. The molecular weight excluding hydrogens is 198 g/mol. The smallest absolute Gasteiger partial charge is 0.124 e. The summed E-state index contributed by atoms with van der Waals surface area (Å²) in [7, 11) is 0. The Kier molecular flexibility index (Phi) is 2.72. The fraction of sp³-hybridized carbons (Fsp3) is 0.462. The maximum atomic E-state index is 6.08. The van der Waals surface area contributed by atoms with Crippen LogP contribution in [-0.2, 0) is 0 Å². The third-order valence-corrected chi connectivity index (χ3v) is 3.15. The van der Waals surface area contributed by atoms with Gasteiger partial charge < -0.3 is 10.7 Å². The minimum absolute atomic E-state index is 0.0204. The number of aromatic nitrogens is 2. The van der Waals surface area contributed by atoms with Gasteiger partial charge in [-0.2, -0.15) is 0 Å². The molecule has 0 bridgehead atoms. The molecular formula is C13H19N3. The number of H-pyrrole nitrogens is 1. The second kappa shape index (κ2) is 3.91. The molecule has 3 N–H and O–H groups in total. The molecule has 1 atom stereocenters. The highest BCUT2D eigenvalue weighted by Gasteiger charge is 2.14. The van der Waals surface area contributed by atoms with Crippen LogP contribution in [0.25, 0.3) is 11.0 Å². The lowest BCUT2D eigenvalue weighted by Crippen LogP contribution is -2.17. The van der Waals surface area contributed by atoms with Crippen LogP contribution < -0.4 is 5.73 Å². The fourth-order valence-corrected chi connectivity index (χ4v) is 1.76. The molecule has 1 heterocycles. The summed E-state index contributed by atoms with van der Waals surface area (Å²) in [5.74, 6) is 1.28. The highest BCUT2D eigenvalue weighted by Crippen LogP contribution is 2.22. The number of imidazole rings is 1. The Labute approximate surface area is 96.1 Å². The first kappa shape index (κ1) is 11.1. The molecule has 0 fully saturated rings. The number of nitrogens with two attached hydrogens (primary N) is 1. The van der Waals surface area contributed by atoms with Crippen LogP contribution in [-0.4, -0.2) is 9.97 Å². The van der Waals surface area contributed by atoms with E-state index in [0.717, 1.165) is 16.9 Å². The zero-order chi connectivity index (χ0) is 11.9. The second-order valence-electron chi connectivity index (χ2n) is 4.85. The lowest BCUT2D eigenvalue weighted by molar-refractivity contribution is 0.495. The van der Waals surface area contributed by atoms with Crippen molar-refractivity contribution in [3.8, 4) is 0 Å². The van der Waals surface area contributed by atoms with Crippen LogP contribution in [0.15, 0.2) is 12.1 Å². The molecule has 16 heavy (non-hydrogen) atoms. The van der Waals surface area contributed by atoms with Crippen LogP contribution in [0, 0.1) is 19.8 Å². The van der Waals surface area contributed by atoms with E-state index in [-0.39, 0.29) is 6.04 Å². The summed E-state index contributed by atoms with van der Waals surface area (Å²) in [6.07, 6.45) is 0. The summed E-state index contributed by atoms with van der Waals surface area (Å²) >= 11 is 0. The second-order valence-corrected chi connectivity index (χ2v) is 4.85. The van der Waals surface area contributed by atoms with E-state index in [1.54, 1.807) is 0 Å². The lowest BCUT2D eigenvalue weighted by Gasteiger charge is -2.11. The fourth-order valence-electron chi connectivity index (χ4n) is 1.76. The minimum atomic E-state index is -0.0204. The van der Waals surface area contributed by atoms with E-state index in [1.807, 2.05) is 0 Å². The zero-order valence-electron chi connectivity index (χ0n) is 10.3. The van der Waals surface area contributed by atoms with E-state index < -0.39 is 0 Å². The van der Waals surface area contributed by atoms with Gasteiger partial charge in [0.05, 0.1) is 17.1 Å². The predicted octanol–water partition coefficient (Wildman–Crippen LogP) is 2.84. The molecule has 3 nitrogen and oxygen atoms in total. The molecule has 1 unspecified atom stereocenters. The first-order valence-electron chi connectivity index (χ1n) is 5.71. The number of aryl methyl sites for hydroxylation is 2. The molecule has 0 aliphatic rings. The van der Waals surface area contributed by atoms with Gasteiger partial charge in [-0.05, 0) is 43.0 Å². The number of benzene rings is 1. The highest BCUT2D eigenvalue weighted by atomic mass is 15.0. The van der Waals surface area contributed by atoms with Gasteiger partial charge in [-0.1, -0.05) is 13.8 Å². The molecule has 0 amide bonds. The van der Waals surface area contributed by atoms with E-state index in [0.29, 0.717) is 5.92 Å². The normalized spacial score (nSPS) is 13.6. The molecule has 86 valence electrons. The highest BCUT2D eigenvalue weighted by molar-refractivity contribution is 5.77. The maximum absolute atomic E-state index is 6.08. The van der Waals surface area contributed by atoms with Crippen LogP contribution in [0.4, 0.5) is 0 Å². The van der Waals surface area contributed by atoms with Crippen molar-refractivity contribution in [2.45, 2.75) is 33.7 Å². The van der Waals surface area contributed by atoms with Crippen molar-refractivity contribution in [1.29, 1.82) is 0 Å². The lowest BCUT2D eigenvalue weighted by atomic mass is 10.1. The van der Waals surface area contributed by atoms with Crippen molar-refractivity contribution < 1.29 is 0 Å². The first-order valence-corrected chi connectivity index (χ1v) is 5.71. The number of aromatic amines is 1. The summed E-state index contributed by atoms with van der Waals surface area (Å²) in [5, 5.41) is 0. The standard InChI is InChI=1S/C13H19N3/c1-7(2)12(14)13-15-10-5-8(3)9(4)6-11(10)16-13/h5-7,12H,14H2,1-4H3,(H,15,16). The number of nitrogens with one attached hydrogen (secondary N) is 1. The largest absolute Gasteiger partial charge is 0.341 e. The molecule has 1 aromatic carbocycles. The monoisotopic (exact) mass is 217 g/mol. The summed E-state index contributed by atoms with van der Waals surface area (Å²) < 4.78 is 0. The third kappa shape index (κ3) is 1.83. The van der Waals surface area contributed by atoms with Crippen molar-refractivity contribution in [3.63, 3.8) is 0 Å². The van der Waals surface area contributed by atoms with Crippen LogP contribution in [0.3, 0.4) is 0 Å². The number of hydrogen-bond donors (Lipinski definition) is 2. The SMILES string of the molecule is Cc1cc2nc(C(N)C(C)C)[nH]c2cc1C. The van der Waals surface area contributed by atoms with Gasteiger partial charge in [-0.15, -0.1) is 0 Å². The van der Waals surface area contributed by atoms with Crippen molar-refractivity contribution in [3.05, 3.63) is 29.1 Å². The van der Waals surface area contributed by atoms with Crippen LogP contribution >= 0.6 is 0 Å². The van der Waals surface area contributed by atoms with Crippen LogP contribution in [0.5, 0.6) is 0 Å². The molecule has 0 saturated heterocycles. The number of rotatable bonds is 2. The van der Waals surface area contributed by atoms with E-state index >= 15 is 0 Å². The average Bonchev–Trinajstić information content (AvgIpc) is 2.60. The molecule has 0 aliphatic carbocycles. The number of fused-ring (bicyclic) bond motifs is 1. The predicted molar refractivity (Wildman–Crippen MR) is 67.3 cm³/mol. The van der Waals surface area contributed by atoms with Gasteiger partial charge in [-0.3, -0.25) is 0 Å². The van der Waals surface area contributed by atoms with Gasteiger partial charge >= 0.3 is 0 Å². The van der Waals surface area contributed by atoms with Gasteiger partial charge in [-0.25, -0.2) is 4.98 Å². The van der Waals surface area contributed by atoms with Gasteiger partial charge in [0.2, 0.25) is 0 Å². The molecule has 0 spiro atoms. The summed E-state index contributed by atoms with van der Waals surface area (Å²) in [4.78, 5) is 7.86. The quantitative estimate of drug-likeness (QED) is 0.812. The summed E-state index contributed by atoms with van der Waals surface area (Å²) in [5.41, 5.74) is 10.7. The zero-order valence-corrected chi connectivity index (χ0v) is 10.3. The molecule has 1 aromatic heterocycles. The minimum Gasteiger partial charge on any atom is -0.341 e. The topological polar surface area (TPSA) is 54.7 Å². The van der Waals surface area contributed by atoms with Crippen molar-refractivity contribution in [2.24, 2.45) is 11.7 Å². The average molecular weight is 217 g/mol. The molecule has 0 radical (unpaired) electrons. The Morgan fingerprint density at radius 2 is 1.81 bits per heavy atom. The Bertz CT molecular complexity index is 472. The number of hydrogen-bond acceptors (Lipinski definition) is 2. The van der Waals surface area contributed by atoms with Gasteiger partial charge in [0.1, 0.15) is 5.82 Å². The van der Waals surface area contributed by atoms with E-state index in [4.69, 9.17) is 5.73 Å². The van der Waals surface area contributed by atoms with E-state index in [9.17, 15) is 0 Å². The molecule has 3 heteroatoms. The third-order valence-electron chi connectivity index (χ3n) is 3.15.